The van der Waals surface area contributed by atoms with Gasteiger partial charge in [0, 0.05) is 11.2 Å². The van der Waals surface area contributed by atoms with Gasteiger partial charge in [-0.15, -0.1) is 0 Å². The van der Waals surface area contributed by atoms with Crippen molar-refractivity contribution in [2.24, 2.45) is 0 Å². The van der Waals surface area contributed by atoms with E-state index in [1.807, 2.05) is 0 Å². The van der Waals surface area contributed by atoms with Crippen LogP contribution >= 0.6 is 0 Å². The molecule has 48 valence electrons. The fraction of sp³-hybridized carbons (Fsp3) is 0.333. The van der Waals surface area contributed by atoms with Crippen LogP contribution in [0.2, 0.25) is 0 Å². The van der Waals surface area contributed by atoms with E-state index in [4.69, 9.17) is 9.66 Å². The molecule has 5 heteroatoms. The van der Waals surface area contributed by atoms with Crippen LogP contribution in [0.5, 0.6) is 0 Å². The summed E-state index contributed by atoms with van der Waals surface area (Å²) in [7, 11) is -3.24. The molecule has 0 aromatic heterocycles. The number of aliphatic hydroxyl groups excluding tert-OH is 1. The summed E-state index contributed by atoms with van der Waals surface area (Å²) in [6.07, 6.45) is 0. The predicted molar refractivity (Wildman–Crippen MR) is 34.8 cm³/mol. The van der Waals surface area contributed by atoms with Gasteiger partial charge in [0.15, 0.2) is 0 Å². The normalized spacial score (nSPS) is 17.1. The SMILES string of the molecule is C=C(O)CS(=O)(O)=S. The summed E-state index contributed by atoms with van der Waals surface area (Å²) in [5.74, 6) is -0.769. The third-order valence-electron chi connectivity index (χ3n) is 0.349. The lowest BCUT2D eigenvalue weighted by Crippen LogP contribution is -2.03. The van der Waals surface area contributed by atoms with E-state index in [9.17, 15) is 4.21 Å². The molecule has 0 fully saturated rings. The third kappa shape index (κ3) is 5.87. The Balaban J connectivity index is 3.95. The van der Waals surface area contributed by atoms with Crippen LogP contribution in [0.1, 0.15) is 0 Å². The summed E-state index contributed by atoms with van der Waals surface area (Å²) in [5, 5.41) is 8.29. The van der Waals surface area contributed by atoms with E-state index in [1.165, 1.54) is 0 Å². The molecule has 0 aliphatic rings. The van der Waals surface area contributed by atoms with E-state index < -0.39 is 14.5 Å². The second-order valence-electron chi connectivity index (χ2n) is 1.29. The minimum Gasteiger partial charge on any atom is -0.512 e. The van der Waals surface area contributed by atoms with Gasteiger partial charge in [-0.05, 0) is 0 Å². The van der Waals surface area contributed by atoms with Crippen molar-refractivity contribution in [1.29, 1.82) is 0 Å². The van der Waals surface area contributed by atoms with Crippen molar-refractivity contribution in [2.45, 2.75) is 0 Å². The van der Waals surface area contributed by atoms with Gasteiger partial charge in [0.1, 0.15) is 20.3 Å². The van der Waals surface area contributed by atoms with Crippen LogP contribution in [0.3, 0.4) is 0 Å². The summed E-state index contributed by atoms with van der Waals surface area (Å²) < 4.78 is 18.5. The molecule has 3 nitrogen and oxygen atoms in total. The average Bonchev–Trinajstić information content (AvgIpc) is 1.21. The fourth-order valence-corrected chi connectivity index (χ4v) is 1.04. The van der Waals surface area contributed by atoms with Crippen LogP contribution in [-0.2, 0) is 20.0 Å². The molecule has 0 spiro atoms. The quantitative estimate of drug-likeness (QED) is 0.561. The molecule has 1 atom stereocenters. The van der Waals surface area contributed by atoms with Crippen LogP contribution in [0.4, 0.5) is 0 Å². The van der Waals surface area contributed by atoms with E-state index in [2.05, 4.69) is 17.8 Å². The fourth-order valence-electron chi connectivity index (χ4n) is 0.211. The maximum atomic E-state index is 10.1. The lowest BCUT2D eigenvalue weighted by molar-refractivity contribution is 0.415. The highest BCUT2D eigenvalue weighted by atomic mass is 32.8. The van der Waals surface area contributed by atoms with Crippen molar-refractivity contribution in [3.05, 3.63) is 12.3 Å². The van der Waals surface area contributed by atoms with Crippen LogP contribution in [0, 0.1) is 0 Å². The maximum Gasteiger partial charge on any atom is 0.148 e. The molecule has 2 N–H and O–H groups in total. The average molecular weight is 154 g/mol. The van der Waals surface area contributed by atoms with E-state index in [0.29, 0.717) is 0 Å². The zero-order valence-electron chi connectivity index (χ0n) is 4.03. The Morgan fingerprint density at radius 1 is 1.88 bits per heavy atom. The molecule has 0 bridgehead atoms. The van der Waals surface area contributed by atoms with Crippen molar-refractivity contribution in [3.63, 3.8) is 0 Å². The Labute approximate surface area is 52.5 Å². The molecule has 0 aromatic rings. The van der Waals surface area contributed by atoms with Gasteiger partial charge in [-0.25, -0.2) is 4.21 Å². The molecule has 0 aliphatic heterocycles. The highest BCUT2D eigenvalue weighted by Gasteiger charge is 1.99. The summed E-state index contributed by atoms with van der Waals surface area (Å²) in [5.41, 5.74) is 0. The Kier molecular flexibility index (Phi) is 2.39. The standard InChI is InChI=1S/C3H6O3S2/c1-3(4)2-8(5,6)7/h4H,1-2H2,(H,5,6,7). The molecule has 0 aliphatic carbocycles. The molecule has 0 aromatic carbocycles. The second-order valence-corrected chi connectivity index (χ2v) is 4.31. The number of rotatable bonds is 2. The number of hydrogen-bond donors (Lipinski definition) is 2. The molecular formula is C3H6O3S2. The maximum absolute atomic E-state index is 10.1. The van der Waals surface area contributed by atoms with Crippen molar-refractivity contribution < 1.29 is 13.9 Å². The molecule has 0 saturated carbocycles. The van der Waals surface area contributed by atoms with Crippen molar-refractivity contribution in [2.75, 3.05) is 5.75 Å². The highest BCUT2D eigenvalue weighted by Crippen LogP contribution is 1.89. The summed E-state index contributed by atoms with van der Waals surface area (Å²) in [4.78, 5) is 0. The lowest BCUT2D eigenvalue weighted by Gasteiger charge is -1.93. The van der Waals surface area contributed by atoms with Crippen LogP contribution in [0.25, 0.3) is 0 Å². The van der Waals surface area contributed by atoms with E-state index in [-0.39, 0.29) is 5.76 Å². The Morgan fingerprint density at radius 3 is 2.25 bits per heavy atom. The van der Waals surface area contributed by atoms with Gasteiger partial charge in [0.2, 0.25) is 0 Å². The molecule has 0 rings (SSSR count). The molecular weight excluding hydrogens is 148 g/mol. The summed E-state index contributed by atoms with van der Waals surface area (Å²) in [6.45, 7) is 2.99. The van der Waals surface area contributed by atoms with Gasteiger partial charge >= 0.3 is 0 Å². The molecule has 0 saturated heterocycles. The van der Waals surface area contributed by atoms with Crippen molar-refractivity contribution in [1.82, 2.24) is 0 Å². The van der Waals surface area contributed by atoms with Crippen molar-refractivity contribution in [3.8, 4) is 0 Å². The van der Waals surface area contributed by atoms with Gasteiger partial charge in [0.05, 0.1) is 0 Å². The van der Waals surface area contributed by atoms with E-state index >= 15 is 0 Å². The third-order valence-corrected chi connectivity index (χ3v) is 1.40. The first-order valence-corrected chi connectivity index (χ1v) is 4.34. The Hall–Kier alpha value is -0.130. The van der Waals surface area contributed by atoms with Gasteiger partial charge in [-0.1, -0.05) is 6.58 Å². The minimum absolute atomic E-state index is 0.354. The van der Waals surface area contributed by atoms with Gasteiger partial charge in [0.25, 0.3) is 0 Å². The minimum atomic E-state index is -3.24. The van der Waals surface area contributed by atoms with E-state index in [0.717, 1.165) is 0 Å². The van der Waals surface area contributed by atoms with Crippen LogP contribution in [0.15, 0.2) is 12.3 Å². The first-order valence-electron chi connectivity index (χ1n) is 1.74. The highest BCUT2D eigenvalue weighted by molar-refractivity contribution is 8.29. The lowest BCUT2D eigenvalue weighted by atomic mass is 10.7. The monoisotopic (exact) mass is 154 g/mol. The molecule has 0 amide bonds. The zero-order chi connectivity index (χ0) is 6.78. The summed E-state index contributed by atoms with van der Waals surface area (Å²) >= 11 is 4.02. The van der Waals surface area contributed by atoms with E-state index in [1.54, 1.807) is 0 Å². The summed E-state index contributed by atoms with van der Waals surface area (Å²) in [6, 6.07) is 0. The van der Waals surface area contributed by atoms with Gasteiger partial charge in [-0.2, -0.15) is 0 Å². The van der Waals surface area contributed by atoms with Crippen molar-refractivity contribution >= 4 is 20.0 Å². The largest absolute Gasteiger partial charge is 0.512 e. The number of hydrogen-bond acceptors (Lipinski definition) is 3. The molecule has 0 radical (unpaired) electrons. The zero-order valence-corrected chi connectivity index (χ0v) is 5.67. The van der Waals surface area contributed by atoms with Gasteiger partial charge < -0.3 is 9.66 Å². The topological polar surface area (TPSA) is 57.5 Å². The molecule has 1 unspecified atom stereocenters. The van der Waals surface area contributed by atoms with Crippen LogP contribution < -0.4 is 0 Å². The Bertz CT molecular complexity index is 179. The van der Waals surface area contributed by atoms with Crippen LogP contribution in [-0.4, -0.2) is 19.6 Å². The molecule has 0 heterocycles. The smallest absolute Gasteiger partial charge is 0.148 e. The second kappa shape index (κ2) is 2.43. The first kappa shape index (κ1) is 7.87. The molecule has 8 heavy (non-hydrogen) atoms. The van der Waals surface area contributed by atoms with Gasteiger partial charge in [-0.3, -0.25) is 0 Å². The number of aliphatic hydroxyl groups is 1. The predicted octanol–water partition coefficient (Wildman–Crippen LogP) is 0.277. The Morgan fingerprint density at radius 2 is 2.25 bits per heavy atom. The first-order chi connectivity index (χ1) is 3.42.